The molecule has 54 heavy (non-hydrogen) atoms. The third-order valence-corrected chi connectivity index (χ3v) is 7.35. The van der Waals surface area contributed by atoms with Crippen LogP contribution in [0.25, 0.3) is 0 Å². The summed E-state index contributed by atoms with van der Waals surface area (Å²) in [6.07, 6.45) is 0. The number of hydrogen-bond acceptors (Lipinski definition) is 9. The summed E-state index contributed by atoms with van der Waals surface area (Å²) >= 11 is 0. The molecule has 3 amide bonds. The monoisotopic (exact) mass is 729 g/mol. The summed E-state index contributed by atoms with van der Waals surface area (Å²) in [6.45, 7) is 5.17. The van der Waals surface area contributed by atoms with Crippen LogP contribution in [-0.2, 0) is 0 Å². The van der Waals surface area contributed by atoms with Crippen LogP contribution in [0.3, 0.4) is 0 Å². The smallest absolute Gasteiger partial charge is 0.255 e. The first-order chi connectivity index (χ1) is 25.7. The molecular weight excluding hydrogens is 690 g/mol. The lowest BCUT2D eigenvalue weighted by molar-refractivity contribution is 0.102. The third-order valence-electron chi connectivity index (χ3n) is 7.35. The van der Waals surface area contributed by atoms with Gasteiger partial charge in [-0.3, -0.25) is 14.4 Å². The second-order valence-corrected chi connectivity index (χ2v) is 11.5. The molecule has 0 saturated heterocycles. The quantitative estimate of drug-likeness (QED) is 0.0586. The Balaban J connectivity index is 1.61. The van der Waals surface area contributed by atoms with Gasteiger partial charge in [0.2, 0.25) is 17.9 Å². The summed E-state index contributed by atoms with van der Waals surface area (Å²) in [5, 5.41) is 31.2. The first kappa shape index (κ1) is 38.9. The number of nitrogens with one attached hydrogen (secondary N) is 3. The van der Waals surface area contributed by atoms with E-state index >= 15 is 0 Å². The minimum Gasteiger partial charge on any atom is -0.369 e. The minimum atomic E-state index is -0.572. The van der Waals surface area contributed by atoms with E-state index in [1.54, 1.807) is 93.6 Å². The molecule has 18 nitrogen and oxygen atoms in total. The van der Waals surface area contributed by atoms with Crippen LogP contribution in [0.2, 0.25) is 0 Å². The number of guanidine groups is 3. The number of benzene rings is 4. The Kier molecular flexibility index (Phi) is 12.9. The number of hydrogen-bond donors (Lipinski definition) is 9. The van der Waals surface area contributed by atoms with Crippen molar-refractivity contribution >= 4 is 69.8 Å². The van der Waals surface area contributed by atoms with E-state index in [4.69, 9.17) is 34.4 Å². The molecule has 0 bridgehead atoms. The molecule has 0 saturated carbocycles. The van der Waals surface area contributed by atoms with E-state index in [0.717, 1.165) is 0 Å². The van der Waals surface area contributed by atoms with E-state index in [2.05, 4.69) is 46.6 Å². The maximum absolute atomic E-state index is 13.6. The van der Waals surface area contributed by atoms with Crippen LogP contribution < -0.4 is 50.4 Å². The number of amides is 3. The van der Waals surface area contributed by atoms with Gasteiger partial charge in [-0.2, -0.15) is 15.3 Å². The molecule has 4 aromatic carbocycles. The highest BCUT2D eigenvalue weighted by atomic mass is 16.2. The second-order valence-electron chi connectivity index (χ2n) is 11.5. The van der Waals surface area contributed by atoms with E-state index in [0.29, 0.717) is 50.9 Å². The summed E-state index contributed by atoms with van der Waals surface area (Å²) in [4.78, 5) is 40.7. The van der Waals surface area contributed by atoms with Crippen molar-refractivity contribution in [2.75, 3.05) is 16.0 Å². The van der Waals surface area contributed by atoms with Gasteiger partial charge in [-0.1, -0.05) is 36.4 Å². The van der Waals surface area contributed by atoms with Gasteiger partial charge in [-0.15, -0.1) is 15.3 Å². The lowest BCUT2D eigenvalue weighted by Gasteiger charge is -2.12. The van der Waals surface area contributed by atoms with E-state index in [1.807, 2.05) is 0 Å². The third kappa shape index (κ3) is 11.3. The lowest BCUT2D eigenvalue weighted by Crippen LogP contribution is -2.22. The van der Waals surface area contributed by atoms with Crippen molar-refractivity contribution in [3.8, 4) is 0 Å². The molecule has 0 atom stereocenters. The summed E-state index contributed by atoms with van der Waals surface area (Å²) in [6, 6.07) is 24.4. The van der Waals surface area contributed by atoms with Crippen LogP contribution in [0.4, 0.5) is 17.1 Å². The van der Waals surface area contributed by atoms with Gasteiger partial charge in [0.05, 0.1) is 17.1 Å². The summed E-state index contributed by atoms with van der Waals surface area (Å²) in [5.74, 6) is -2.26. The van der Waals surface area contributed by atoms with Gasteiger partial charge in [-0.25, -0.2) is 0 Å². The molecule has 0 aromatic heterocycles. The van der Waals surface area contributed by atoms with Crippen LogP contribution in [0, 0.1) is 0 Å². The number of carbonyl (C=O) groups excluding carboxylic acids is 3. The van der Waals surface area contributed by atoms with Gasteiger partial charge in [0.25, 0.3) is 17.7 Å². The molecule has 276 valence electrons. The molecule has 0 aliphatic carbocycles. The summed E-state index contributed by atoms with van der Waals surface area (Å²) in [7, 11) is 0. The fraction of sp³-hybridized carbons (Fsp3) is 0.0833. The molecule has 4 rings (SSSR count). The molecule has 4 aromatic rings. The average Bonchev–Trinajstić information content (AvgIpc) is 3.15. The van der Waals surface area contributed by atoms with Crippen LogP contribution in [-0.4, -0.2) is 52.7 Å². The van der Waals surface area contributed by atoms with Gasteiger partial charge in [0.1, 0.15) is 0 Å². The summed E-state index contributed by atoms with van der Waals surface area (Å²) in [5.41, 5.74) is 37.3. The highest BCUT2D eigenvalue weighted by molar-refractivity contribution is 6.13. The van der Waals surface area contributed by atoms with Crippen molar-refractivity contribution < 1.29 is 14.4 Å². The molecule has 0 heterocycles. The molecule has 15 N–H and O–H groups in total. The van der Waals surface area contributed by atoms with Crippen LogP contribution in [0.5, 0.6) is 0 Å². The van der Waals surface area contributed by atoms with Crippen molar-refractivity contribution in [3.05, 3.63) is 124 Å². The molecule has 0 unspecified atom stereocenters. The Morgan fingerprint density at radius 1 is 0.370 bits per heavy atom. The van der Waals surface area contributed by atoms with Crippen LogP contribution in [0.15, 0.2) is 122 Å². The van der Waals surface area contributed by atoms with E-state index in [-0.39, 0.29) is 34.6 Å². The number of nitrogens with two attached hydrogens (primary N) is 6. The SMILES string of the molecule is C/C(=N\N=C(N)N)c1ccc(NC(=O)c2cc(C(=O)Nc3ccc(/C(C)=N/N=C(N)N)cc3)cc(C(=O)Nc3ccc(/C(C)=N/N=C(N)N)cc3)c2)cc1. The molecule has 0 fully saturated rings. The predicted octanol–water partition coefficient (Wildman–Crippen LogP) is 2.44. The van der Waals surface area contributed by atoms with Crippen molar-refractivity contribution in [1.29, 1.82) is 0 Å². The zero-order valence-electron chi connectivity index (χ0n) is 29.5. The number of rotatable bonds is 12. The molecule has 18 heteroatoms. The van der Waals surface area contributed by atoms with Gasteiger partial charge in [0.15, 0.2) is 0 Å². The van der Waals surface area contributed by atoms with Crippen molar-refractivity contribution in [2.24, 2.45) is 65.0 Å². The first-order valence-corrected chi connectivity index (χ1v) is 16.0. The largest absolute Gasteiger partial charge is 0.369 e. The highest BCUT2D eigenvalue weighted by Gasteiger charge is 2.18. The maximum atomic E-state index is 13.6. The highest BCUT2D eigenvalue weighted by Crippen LogP contribution is 2.20. The van der Waals surface area contributed by atoms with E-state index < -0.39 is 17.7 Å². The summed E-state index contributed by atoms with van der Waals surface area (Å²) < 4.78 is 0. The van der Waals surface area contributed by atoms with Crippen molar-refractivity contribution in [1.82, 2.24) is 0 Å². The van der Waals surface area contributed by atoms with E-state index in [1.165, 1.54) is 18.2 Å². The topological polar surface area (TPSA) is 318 Å². The van der Waals surface area contributed by atoms with Gasteiger partial charge >= 0.3 is 0 Å². The molecular formula is C36H39N15O3. The number of nitrogens with zero attached hydrogens (tertiary/aromatic N) is 6. The fourth-order valence-electron chi connectivity index (χ4n) is 4.59. The minimum absolute atomic E-state index is 0.0474. The zero-order valence-corrected chi connectivity index (χ0v) is 29.5. The Labute approximate surface area is 309 Å². The molecule has 0 aliphatic rings. The zero-order chi connectivity index (χ0) is 39.4. The Hall–Kier alpha value is -7.89. The standard InChI is InChI=1S/C36H39N15O3/c1-19(46-49-34(37)38)22-4-10-28(11-5-22)43-31(52)25-16-26(32(53)44-29-12-6-23(7-13-29)20(2)47-50-35(39)40)18-27(17-25)33(54)45-30-14-8-24(9-15-30)21(3)48-51-36(41)42/h4-18H,1-3H3,(H,43,52)(H,44,53)(H,45,54)(H4,37,38,49)(H4,39,40,50)(H4,41,42,51)/b46-19+,47-20+,48-21+. The van der Waals surface area contributed by atoms with Gasteiger partial charge < -0.3 is 50.4 Å². The normalized spacial score (nSPS) is 11.5. The number of anilines is 3. The Morgan fingerprint density at radius 3 is 0.796 bits per heavy atom. The van der Waals surface area contributed by atoms with E-state index in [9.17, 15) is 14.4 Å². The molecule has 0 aliphatic heterocycles. The maximum Gasteiger partial charge on any atom is 0.255 e. The second kappa shape index (κ2) is 17.9. The van der Waals surface area contributed by atoms with Crippen molar-refractivity contribution in [3.63, 3.8) is 0 Å². The van der Waals surface area contributed by atoms with Gasteiger partial charge in [0, 0.05) is 33.8 Å². The van der Waals surface area contributed by atoms with Crippen LogP contribution >= 0.6 is 0 Å². The van der Waals surface area contributed by atoms with Gasteiger partial charge in [-0.05, 0) is 92.1 Å². The predicted molar refractivity (Wildman–Crippen MR) is 214 cm³/mol. The molecule has 0 radical (unpaired) electrons. The molecule has 0 spiro atoms. The number of carbonyl (C=O) groups is 3. The average molecular weight is 730 g/mol. The fourth-order valence-corrected chi connectivity index (χ4v) is 4.59. The van der Waals surface area contributed by atoms with Crippen LogP contribution in [0.1, 0.15) is 68.5 Å². The Bertz CT molecular complexity index is 1950. The van der Waals surface area contributed by atoms with Crippen molar-refractivity contribution in [2.45, 2.75) is 20.8 Å². The lowest BCUT2D eigenvalue weighted by atomic mass is 10.0. The Morgan fingerprint density at radius 2 is 0.593 bits per heavy atom. The first-order valence-electron chi connectivity index (χ1n) is 16.0.